The Kier molecular flexibility index (Phi) is 4.06. The number of amides is 2. The van der Waals surface area contributed by atoms with Crippen LogP contribution in [0.15, 0.2) is 47.1 Å². The number of ether oxygens (including phenoxy) is 1. The van der Waals surface area contributed by atoms with Gasteiger partial charge in [0.15, 0.2) is 0 Å². The minimum absolute atomic E-state index is 0.273. The van der Waals surface area contributed by atoms with Crippen molar-refractivity contribution in [3.8, 4) is 5.75 Å². The van der Waals surface area contributed by atoms with Crippen LogP contribution < -0.4 is 15.4 Å². The second-order valence-corrected chi connectivity index (χ2v) is 5.50. The van der Waals surface area contributed by atoms with Gasteiger partial charge in [0.05, 0.1) is 25.6 Å². The first-order valence-electron chi connectivity index (χ1n) is 7.41. The second kappa shape index (κ2) is 6.16. The lowest BCUT2D eigenvalue weighted by molar-refractivity contribution is -0.134. The van der Waals surface area contributed by atoms with Crippen molar-refractivity contribution >= 4 is 17.5 Å². The normalized spacial score (nSPS) is 14.8. The first-order chi connectivity index (χ1) is 11.2. The third-order valence-electron chi connectivity index (χ3n) is 3.98. The molecule has 0 saturated heterocycles. The first kappa shape index (κ1) is 15.1. The topological polar surface area (TPSA) is 80.6 Å². The largest absolute Gasteiger partial charge is 0.495 e. The Morgan fingerprint density at radius 2 is 1.96 bits per heavy atom. The van der Waals surface area contributed by atoms with Gasteiger partial charge in [-0.15, -0.1) is 0 Å². The van der Waals surface area contributed by atoms with Gasteiger partial charge in [-0.2, -0.15) is 0 Å². The summed E-state index contributed by atoms with van der Waals surface area (Å²) >= 11 is 0. The summed E-state index contributed by atoms with van der Waals surface area (Å²) in [6.45, 7) is 0.273. The molecule has 120 valence electrons. The number of hydrogen-bond donors (Lipinski definition) is 2. The van der Waals surface area contributed by atoms with Gasteiger partial charge < -0.3 is 19.8 Å². The molecule has 1 aliphatic rings. The minimum atomic E-state index is -0.993. The Labute approximate surface area is 133 Å². The van der Waals surface area contributed by atoms with Crippen LogP contribution in [0, 0.1) is 5.41 Å². The van der Waals surface area contributed by atoms with Crippen molar-refractivity contribution in [1.82, 2.24) is 5.32 Å². The van der Waals surface area contributed by atoms with Gasteiger partial charge in [0, 0.05) is 0 Å². The summed E-state index contributed by atoms with van der Waals surface area (Å²) in [5.74, 6) is 0.632. The summed E-state index contributed by atoms with van der Waals surface area (Å²) in [5, 5.41) is 5.55. The highest BCUT2D eigenvalue weighted by molar-refractivity contribution is 6.13. The molecule has 1 aromatic heterocycles. The molecule has 0 spiro atoms. The fraction of sp³-hybridized carbons (Fsp3) is 0.294. The highest BCUT2D eigenvalue weighted by atomic mass is 16.5. The average Bonchev–Trinajstić information content (AvgIpc) is 3.23. The van der Waals surface area contributed by atoms with Crippen molar-refractivity contribution in [3.63, 3.8) is 0 Å². The Morgan fingerprint density at radius 3 is 2.61 bits per heavy atom. The smallest absolute Gasteiger partial charge is 0.240 e. The van der Waals surface area contributed by atoms with E-state index in [-0.39, 0.29) is 18.4 Å². The highest BCUT2D eigenvalue weighted by Gasteiger charge is 2.56. The third-order valence-corrected chi connectivity index (χ3v) is 3.98. The molecule has 1 saturated carbocycles. The first-order valence-corrected chi connectivity index (χ1v) is 7.41. The van der Waals surface area contributed by atoms with Gasteiger partial charge in [0.25, 0.3) is 0 Å². The monoisotopic (exact) mass is 314 g/mol. The molecule has 6 nitrogen and oxygen atoms in total. The molecule has 1 aromatic carbocycles. The highest BCUT2D eigenvalue weighted by Crippen LogP contribution is 2.47. The summed E-state index contributed by atoms with van der Waals surface area (Å²) in [5.41, 5.74) is -0.432. The van der Waals surface area contributed by atoms with Crippen molar-refractivity contribution in [2.75, 3.05) is 12.4 Å². The zero-order valence-corrected chi connectivity index (χ0v) is 12.8. The van der Waals surface area contributed by atoms with E-state index in [1.807, 2.05) is 6.07 Å². The second-order valence-electron chi connectivity index (χ2n) is 5.50. The summed E-state index contributed by atoms with van der Waals surface area (Å²) in [7, 11) is 1.54. The summed E-state index contributed by atoms with van der Waals surface area (Å²) in [6, 6.07) is 10.6. The van der Waals surface area contributed by atoms with E-state index in [0.29, 0.717) is 30.0 Å². The predicted octanol–water partition coefficient (Wildman–Crippen LogP) is 2.32. The lowest BCUT2D eigenvalue weighted by Gasteiger charge is -2.16. The van der Waals surface area contributed by atoms with Crippen LogP contribution in [-0.4, -0.2) is 18.9 Å². The van der Waals surface area contributed by atoms with Crippen LogP contribution in [0.4, 0.5) is 5.69 Å². The van der Waals surface area contributed by atoms with E-state index < -0.39 is 5.41 Å². The van der Waals surface area contributed by atoms with Crippen molar-refractivity contribution in [2.45, 2.75) is 19.4 Å². The number of para-hydroxylation sites is 2. The van der Waals surface area contributed by atoms with Crippen LogP contribution in [0.1, 0.15) is 18.6 Å². The van der Waals surface area contributed by atoms with Crippen LogP contribution >= 0.6 is 0 Å². The summed E-state index contributed by atoms with van der Waals surface area (Å²) in [4.78, 5) is 24.9. The quantitative estimate of drug-likeness (QED) is 0.802. The van der Waals surface area contributed by atoms with E-state index in [1.54, 1.807) is 36.6 Å². The van der Waals surface area contributed by atoms with Gasteiger partial charge in [0.1, 0.15) is 16.9 Å². The zero-order chi connectivity index (χ0) is 16.3. The number of carbonyl (C=O) groups is 2. The van der Waals surface area contributed by atoms with Crippen molar-refractivity contribution in [2.24, 2.45) is 5.41 Å². The van der Waals surface area contributed by atoms with E-state index in [1.165, 1.54) is 7.11 Å². The molecular formula is C17H18N2O4. The van der Waals surface area contributed by atoms with Gasteiger partial charge in [-0.05, 0) is 37.1 Å². The molecule has 6 heteroatoms. The Bertz CT molecular complexity index is 705. The van der Waals surface area contributed by atoms with Crippen molar-refractivity contribution < 1.29 is 18.7 Å². The molecule has 3 rings (SSSR count). The lowest BCUT2D eigenvalue weighted by atomic mass is 10.0. The Morgan fingerprint density at radius 1 is 1.17 bits per heavy atom. The van der Waals surface area contributed by atoms with Crippen LogP contribution in [0.3, 0.4) is 0 Å². The fourth-order valence-corrected chi connectivity index (χ4v) is 2.42. The van der Waals surface area contributed by atoms with Crippen LogP contribution in [-0.2, 0) is 16.1 Å². The summed E-state index contributed by atoms with van der Waals surface area (Å²) < 4.78 is 10.4. The molecule has 0 aliphatic heterocycles. The summed E-state index contributed by atoms with van der Waals surface area (Å²) in [6.07, 6.45) is 2.62. The molecule has 0 atom stereocenters. The molecular weight excluding hydrogens is 296 g/mol. The predicted molar refractivity (Wildman–Crippen MR) is 83.8 cm³/mol. The molecule has 1 fully saturated rings. The number of methoxy groups -OCH3 is 1. The van der Waals surface area contributed by atoms with E-state index in [4.69, 9.17) is 9.15 Å². The maximum absolute atomic E-state index is 12.5. The van der Waals surface area contributed by atoms with Gasteiger partial charge in [-0.25, -0.2) is 0 Å². The molecule has 0 unspecified atom stereocenters. The fourth-order valence-electron chi connectivity index (χ4n) is 2.42. The van der Waals surface area contributed by atoms with Crippen molar-refractivity contribution in [3.05, 3.63) is 48.4 Å². The molecule has 23 heavy (non-hydrogen) atoms. The average molecular weight is 314 g/mol. The van der Waals surface area contributed by atoms with Crippen LogP contribution in [0.5, 0.6) is 5.75 Å². The number of hydrogen-bond acceptors (Lipinski definition) is 4. The SMILES string of the molecule is COc1ccccc1NC(=O)C1(C(=O)NCc2ccco2)CC1. The number of anilines is 1. The Balaban J connectivity index is 1.65. The number of nitrogens with one attached hydrogen (secondary N) is 2. The van der Waals surface area contributed by atoms with E-state index in [0.717, 1.165) is 0 Å². The number of carbonyl (C=O) groups excluding carboxylic acids is 2. The molecule has 1 aliphatic carbocycles. The minimum Gasteiger partial charge on any atom is -0.495 e. The number of furan rings is 1. The van der Waals surface area contributed by atoms with E-state index in [2.05, 4.69) is 10.6 Å². The van der Waals surface area contributed by atoms with Gasteiger partial charge in [0.2, 0.25) is 11.8 Å². The maximum atomic E-state index is 12.5. The Hall–Kier alpha value is -2.76. The molecule has 0 radical (unpaired) electrons. The van der Waals surface area contributed by atoms with E-state index in [9.17, 15) is 9.59 Å². The van der Waals surface area contributed by atoms with Crippen molar-refractivity contribution in [1.29, 1.82) is 0 Å². The zero-order valence-electron chi connectivity index (χ0n) is 12.8. The number of benzene rings is 1. The van der Waals surface area contributed by atoms with Gasteiger partial charge >= 0.3 is 0 Å². The maximum Gasteiger partial charge on any atom is 0.240 e. The molecule has 1 heterocycles. The van der Waals surface area contributed by atoms with E-state index >= 15 is 0 Å². The van der Waals surface area contributed by atoms with Gasteiger partial charge in [-0.1, -0.05) is 12.1 Å². The van der Waals surface area contributed by atoms with Crippen LogP contribution in [0.2, 0.25) is 0 Å². The van der Waals surface area contributed by atoms with Crippen LogP contribution in [0.25, 0.3) is 0 Å². The molecule has 2 aromatic rings. The lowest BCUT2D eigenvalue weighted by Crippen LogP contribution is -2.39. The molecule has 0 bridgehead atoms. The molecule has 2 N–H and O–H groups in total. The third kappa shape index (κ3) is 3.06. The standard InChI is InChI=1S/C17H18N2O4/c1-22-14-7-3-2-6-13(14)19-16(21)17(8-9-17)15(20)18-11-12-5-4-10-23-12/h2-7,10H,8-9,11H2,1H3,(H,18,20)(H,19,21). The molecule has 2 amide bonds. The number of rotatable bonds is 6. The van der Waals surface area contributed by atoms with Gasteiger partial charge in [-0.3, -0.25) is 9.59 Å².